The van der Waals surface area contributed by atoms with Crippen LogP contribution in [0.25, 0.3) is 0 Å². The summed E-state index contributed by atoms with van der Waals surface area (Å²) in [5.41, 5.74) is 6.96. The number of carbonyl (C=O) groups is 3. The number of urea groups is 1. The van der Waals surface area contributed by atoms with E-state index in [0.29, 0.717) is 11.4 Å². The Morgan fingerprint density at radius 3 is 1.96 bits per heavy atom. The molecule has 0 radical (unpaired) electrons. The van der Waals surface area contributed by atoms with Gasteiger partial charge >= 0.3 is 6.03 Å². The Morgan fingerprint density at radius 2 is 1.38 bits per heavy atom. The normalized spacial score (nSPS) is 9.83. The maximum atomic E-state index is 11.8. The molecule has 0 aliphatic heterocycles. The molecule has 5 N–H and O–H groups in total. The summed E-state index contributed by atoms with van der Waals surface area (Å²) in [6.45, 7) is -0.118. The molecular formula is C17H18N4O3. The number of hydrogen-bond acceptors (Lipinski definition) is 3. The maximum Gasteiger partial charge on any atom is 0.316 e. The average molecular weight is 326 g/mol. The van der Waals surface area contributed by atoms with Gasteiger partial charge in [0.05, 0.1) is 13.0 Å². The standard InChI is InChI=1S/C17H18N4O3/c18-17(24)21-14-8-6-13(7-9-14)20-16(23)11-19-15(22)10-12-4-2-1-3-5-12/h1-9H,10-11H2,(H,19,22)(H,20,23)(H3,18,21,24). The van der Waals surface area contributed by atoms with Gasteiger partial charge in [-0.3, -0.25) is 9.59 Å². The monoisotopic (exact) mass is 326 g/mol. The number of nitrogens with one attached hydrogen (secondary N) is 3. The molecule has 24 heavy (non-hydrogen) atoms. The van der Waals surface area contributed by atoms with Crippen LogP contribution in [0.3, 0.4) is 0 Å². The Bertz CT molecular complexity index is 714. The molecule has 0 spiro atoms. The van der Waals surface area contributed by atoms with Crippen LogP contribution in [0.1, 0.15) is 5.56 Å². The molecule has 0 aliphatic rings. The number of primary amides is 1. The first-order valence-corrected chi connectivity index (χ1v) is 7.30. The van der Waals surface area contributed by atoms with Gasteiger partial charge in [0.1, 0.15) is 0 Å². The summed E-state index contributed by atoms with van der Waals surface area (Å²) in [5, 5.41) is 7.63. The van der Waals surface area contributed by atoms with Crippen LogP contribution in [0.4, 0.5) is 16.2 Å². The second-order valence-electron chi connectivity index (χ2n) is 5.05. The highest BCUT2D eigenvalue weighted by Crippen LogP contribution is 2.13. The van der Waals surface area contributed by atoms with Crippen molar-refractivity contribution in [1.82, 2.24) is 5.32 Å². The summed E-state index contributed by atoms with van der Waals surface area (Å²) in [5.74, 6) is -0.565. The van der Waals surface area contributed by atoms with Gasteiger partial charge in [-0.25, -0.2) is 4.79 Å². The first-order valence-electron chi connectivity index (χ1n) is 7.30. The van der Waals surface area contributed by atoms with E-state index in [0.717, 1.165) is 5.56 Å². The molecule has 0 bridgehead atoms. The lowest BCUT2D eigenvalue weighted by atomic mass is 10.1. The highest BCUT2D eigenvalue weighted by Gasteiger charge is 2.07. The number of rotatable bonds is 6. The molecule has 0 fully saturated rings. The molecule has 0 unspecified atom stereocenters. The third-order valence-corrected chi connectivity index (χ3v) is 3.09. The van der Waals surface area contributed by atoms with Gasteiger partial charge < -0.3 is 21.7 Å². The van der Waals surface area contributed by atoms with E-state index in [1.807, 2.05) is 30.3 Å². The molecule has 0 aliphatic carbocycles. The molecular weight excluding hydrogens is 308 g/mol. The summed E-state index contributed by atoms with van der Waals surface area (Å²) in [6.07, 6.45) is 0.224. The fraction of sp³-hybridized carbons (Fsp3) is 0.118. The Hall–Kier alpha value is -3.35. The minimum absolute atomic E-state index is 0.118. The zero-order chi connectivity index (χ0) is 17.4. The van der Waals surface area contributed by atoms with Crippen molar-refractivity contribution < 1.29 is 14.4 Å². The summed E-state index contributed by atoms with van der Waals surface area (Å²) in [6, 6.07) is 15.1. The van der Waals surface area contributed by atoms with Crippen molar-refractivity contribution >= 4 is 29.2 Å². The van der Waals surface area contributed by atoms with Crippen LogP contribution < -0.4 is 21.7 Å². The van der Waals surface area contributed by atoms with E-state index in [9.17, 15) is 14.4 Å². The van der Waals surface area contributed by atoms with Crippen LogP contribution in [0.2, 0.25) is 0 Å². The van der Waals surface area contributed by atoms with E-state index in [1.165, 1.54) is 0 Å². The highest BCUT2D eigenvalue weighted by atomic mass is 16.2. The Labute approximate surface area is 139 Å². The Balaban J connectivity index is 1.76. The van der Waals surface area contributed by atoms with Gasteiger partial charge in [-0.2, -0.15) is 0 Å². The minimum atomic E-state index is -0.659. The van der Waals surface area contributed by atoms with Crippen molar-refractivity contribution in [2.45, 2.75) is 6.42 Å². The summed E-state index contributed by atoms with van der Waals surface area (Å²) in [4.78, 5) is 34.3. The minimum Gasteiger partial charge on any atom is -0.351 e. The third-order valence-electron chi connectivity index (χ3n) is 3.09. The van der Waals surface area contributed by atoms with Crippen LogP contribution in [-0.4, -0.2) is 24.4 Å². The third kappa shape index (κ3) is 5.80. The SMILES string of the molecule is NC(=O)Nc1ccc(NC(=O)CNC(=O)Cc2ccccc2)cc1. The number of carbonyl (C=O) groups excluding carboxylic acids is 3. The van der Waals surface area contributed by atoms with Crippen molar-refractivity contribution in [3.63, 3.8) is 0 Å². The highest BCUT2D eigenvalue weighted by molar-refractivity contribution is 5.95. The zero-order valence-electron chi connectivity index (χ0n) is 12.9. The number of amides is 4. The van der Waals surface area contributed by atoms with Gasteiger partial charge in [-0.1, -0.05) is 30.3 Å². The van der Waals surface area contributed by atoms with Gasteiger partial charge in [-0.05, 0) is 29.8 Å². The lowest BCUT2D eigenvalue weighted by Crippen LogP contribution is -2.33. The maximum absolute atomic E-state index is 11.8. The first-order chi connectivity index (χ1) is 11.5. The van der Waals surface area contributed by atoms with Crippen LogP contribution in [0.15, 0.2) is 54.6 Å². The lowest BCUT2D eigenvalue weighted by molar-refractivity contribution is -0.123. The summed E-state index contributed by atoms with van der Waals surface area (Å²) in [7, 11) is 0. The molecule has 7 nitrogen and oxygen atoms in total. The van der Waals surface area contributed by atoms with E-state index in [-0.39, 0.29) is 24.8 Å². The predicted octanol–water partition coefficient (Wildman–Crippen LogP) is 1.47. The zero-order valence-corrected chi connectivity index (χ0v) is 12.9. The average Bonchev–Trinajstić information content (AvgIpc) is 2.55. The van der Waals surface area contributed by atoms with Crippen molar-refractivity contribution in [3.05, 3.63) is 60.2 Å². The van der Waals surface area contributed by atoms with E-state index < -0.39 is 6.03 Å². The molecule has 2 rings (SSSR count). The lowest BCUT2D eigenvalue weighted by Gasteiger charge is -2.08. The number of hydrogen-bond donors (Lipinski definition) is 4. The Kier molecular flexibility index (Phi) is 5.90. The molecule has 0 aromatic heterocycles. The molecule has 0 saturated carbocycles. The number of benzene rings is 2. The van der Waals surface area contributed by atoms with Crippen LogP contribution in [0, 0.1) is 0 Å². The van der Waals surface area contributed by atoms with Crippen molar-refractivity contribution in [2.75, 3.05) is 17.2 Å². The topological polar surface area (TPSA) is 113 Å². The second-order valence-corrected chi connectivity index (χ2v) is 5.05. The smallest absolute Gasteiger partial charge is 0.316 e. The molecule has 0 saturated heterocycles. The first kappa shape index (κ1) is 17.0. The Morgan fingerprint density at radius 1 is 0.792 bits per heavy atom. The molecule has 2 aromatic rings. The van der Waals surface area contributed by atoms with Gasteiger partial charge in [0.15, 0.2) is 0 Å². The summed E-state index contributed by atoms with van der Waals surface area (Å²) < 4.78 is 0. The largest absolute Gasteiger partial charge is 0.351 e. The summed E-state index contributed by atoms with van der Waals surface area (Å²) >= 11 is 0. The second kappa shape index (κ2) is 8.33. The molecule has 0 heterocycles. The van der Waals surface area contributed by atoms with Gasteiger partial charge in [-0.15, -0.1) is 0 Å². The van der Waals surface area contributed by atoms with Gasteiger partial charge in [0.2, 0.25) is 11.8 Å². The van der Waals surface area contributed by atoms with Gasteiger partial charge in [0, 0.05) is 11.4 Å². The van der Waals surface area contributed by atoms with Crippen molar-refractivity contribution in [1.29, 1.82) is 0 Å². The number of nitrogens with two attached hydrogens (primary N) is 1. The fourth-order valence-electron chi connectivity index (χ4n) is 2.01. The predicted molar refractivity (Wildman–Crippen MR) is 91.4 cm³/mol. The van der Waals surface area contributed by atoms with E-state index in [2.05, 4.69) is 16.0 Å². The van der Waals surface area contributed by atoms with Crippen LogP contribution in [-0.2, 0) is 16.0 Å². The van der Waals surface area contributed by atoms with E-state index in [1.54, 1.807) is 24.3 Å². The molecule has 0 atom stereocenters. The van der Waals surface area contributed by atoms with Crippen molar-refractivity contribution in [3.8, 4) is 0 Å². The molecule has 2 aromatic carbocycles. The molecule has 124 valence electrons. The van der Waals surface area contributed by atoms with E-state index in [4.69, 9.17) is 5.73 Å². The van der Waals surface area contributed by atoms with Crippen LogP contribution >= 0.6 is 0 Å². The molecule has 7 heteroatoms. The van der Waals surface area contributed by atoms with Gasteiger partial charge in [0.25, 0.3) is 0 Å². The number of anilines is 2. The van der Waals surface area contributed by atoms with E-state index >= 15 is 0 Å². The van der Waals surface area contributed by atoms with Crippen LogP contribution in [0.5, 0.6) is 0 Å². The molecule has 4 amide bonds. The fourth-order valence-corrected chi connectivity index (χ4v) is 2.01. The quantitative estimate of drug-likeness (QED) is 0.644. The van der Waals surface area contributed by atoms with Crippen molar-refractivity contribution in [2.24, 2.45) is 5.73 Å².